The van der Waals surface area contributed by atoms with Crippen LogP contribution in [0.25, 0.3) is 0 Å². The van der Waals surface area contributed by atoms with E-state index >= 15 is 0 Å². The van der Waals surface area contributed by atoms with E-state index in [1.165, 1.54) is 0 Å². The van der Waals surface area contributed by atoms with Crippen molar-refractivity contribution in [2.45, 2.75) is 25.3 Å². The van der Waals surface area contributed by atoms with Gasteiger partial charge in [-0.15, -0.1) is 6.58 Å². The summed E-state index contributed by atoms with van der Waals surface area (Å²) in [6.45, 7) is 3.86. The third-order valence-corrected chi connectivity index (χ3v) is 2.56. The zero-order chi connectivity index (χ0) is 11.3. The first-order chi connectivity index (χ1) is 7.15. The molecular formula is C10H16N2O3. The molecule has 1 aliphatic carbocycles. The number of nitrogens with one attached hydrogen (secondary N) is 2. The van der Waals surface area contributed by atoms with Crippen molar-refractivity contribution in [1.82, 2.24) is 10.6 Å². The largest absolute Gasteiger partial charge is 0.481 e. The fourth-order valence-corrected chi connectivity index (χ4v) is 1.81. The van der Waals surface area contributed by atoms with E-state index in [-0.39, 0.29) is 12.1 Å². The first-order valence-corrected chi connectivity index (χ1v) is 5.03. The van der Waals surface area contributed by atoms with Crippen LogP contribution in [0.3, 0.4) is 0 Å². The fourth-order valence-electron chi connectivity index (χ4n) is 1.81. The second-order valence-corrected chi connectivity index (χ2v) is 3.63. The van der Waals surface area contributed by atoms with E-state index in [4.69, 9.17) is 5.11 Å². The minimum Gasteiger partial charge on any atom is -0.481 e. The molecule has 0 aromatic heterocycles. The molecule has 1 saturated carbocycles. The maximum Gasteiger partial charge on any atom is 0.315 e. The second kappa shape index (κ2) is 5.38. The summed E-state index contributed by atoms with van der Waals surface area (Å²) in [5, 5.41) is 14.1. The van der Waals surface area contributed by atoms with Gasteiger partial charge in [0.05, 0.1) is 5.92 Å². The summed E-state index contributed by atoms with van der Waals surface area (Å²) in [4.78, 5) is 22.1. The SMILES string of the molecule is C=CCNC(=O)NC1CCCC1C(=O)O. The van der Waals surface area contributed by atoms with Crippen molar-refractivity contribution in [2.24, 2.45) is 5.92 Å². The first-order valence-electron chi connectivity index (χ1n) is 5.03. The zero-order valence-corrected chi connectivity index (χ0v) is 8.53. The van der Waals surface area contributed by atoms with Crippen LogP contribution in [0.1, 0.15) is 19.3 Å². The third-order valence-electron chi connectivity index (χ3n) is 2.56. The number of carboxylic acids is 1. The molecule has 1 rings (SSSR count). The summed E-state index contributed by atoms with van der Waals surface area (Å²) in [7, 11) is 0. The highest BCUT2D eigenvalue weighted by atomic mass is 16.4. The maximum absolute atomic E-state index is 11.3. The molecule has 0 saturated heterocycles. The normalized spacial score (nSPS) is 24.5. The predicted molar refractivity (Wildman–Crippen MR) is 55.5 cm³/mol. The Morgan fingerprint density at radius 2 is 2.20 bits per heavy atom. The number of hydrogen-bond acceptors (Lipinski definition) is 2. The molecule has 84 valence electrons. The Hall–Kier alpha value is -1.52. The lowest BCUT2D eigenvalue weighted by Crippen LogP contribution is -2.45. The van der Waals surface area contributed by atoms with Gasteiger partial charge in [0.1, 0.15) is 0 Å². The van der Waals surface area contributed by atoms with Crippen molar-refractivity contribution in [3.63, 3.8) is 0 Å². The average molecular weight is 212 g/mol. The van der Waals surface area contributed by atoms with Gasteiger partial charge >= 0.3 is 12.0 Å². The van der Waals surface area contributed by atoms with Crippen LogP contribution >= 0.6 is 0 Å². The van der Waals surface area contributed by atoms with Crippen molar-refractivity contribution in [2.75, 3.05) is 6.54 Å². The number of carboxylic acid groups (broad SMARTS) is 1. The smallest absolute Gasteiger partial charge is 0.315 e. The minimum atomic E-state index is -0.832. The number of aliphatic carboxylic acids is 1. The van der Waals surface area contributed by atoms with Gasteiger partial charge in [0.2, 0.25) is 0 Å². The van der Waals surface area contributed by atoms with Gasteiger partial charge in [-0.3, -0.25) is 4.79 Å². The molecule has 1 aliphatic rings. The Kier molecular flexibility index (Phi) is 4.15. The Morgan fingerprint density at radius 1 is 1.47 bits per heavy atom. The van der Waals surface area contributed by atoms with Crippen LogP contribution in [-0.4, -0.2) is 29.7 Å². The quantitative estimate of drug-likeness (QED) is 0.601. The summed E-state index contributed by atoms with van der Waals surface area (Å²) in [6.07, 6.45) is 3.80. The molecular weight excluding hydrogens is 196 g/mol. The van der Waals surface area contributed by atoms with Gasteiger partial charge < -0.3 is 15.7 Å². The van der Waals surface area contributed by atoms with Crippen molar-refractivity contribution >= 4 is 12.0 Å². The number of urea groups is 1. The number of amides is 2. The highest BCUT2D eigenvalue weighted by Gasteiger charge is 2.33. The lowest BCUT2D eigenvalue weighted by atomic mass is 10.0. The van der Waals surface area contributed by atoms with Crippen molar-refractivity contribution in [1.29, 1.82) is 0 Å². The summed E-state index contributed by atoms with van der Waals surface area (Å²) >= 11 is 0. The van der Waals surface area contributed by atoms with Gasteiger partial charge in [-0.2, -0.15) is 0 Å². The number of carbonyl (C=O) groups excluding carboxylic acids is 1. The van der Waals surface area contributed by atoms with Gasteiger partial charge in [-0.05, 0) is 12.8 Å². The molecule has 15 heavy (non-hydrogen) atoms. The maximum atomic E-state index is 11.3. The third kappa shape index (κ3) is 3.27. The molecule has 0 aromatic carbocycles. The molecule has 0 heterocycles. The molecule has 0 radical (unpaired) electrons. The van der Waals surface area contributed by atoms with Crippen molar-refractivity contribution in [3.05, 3.63) is 12.7 Å². The van der Waals surface area contributed by atoms with E-state index < -0.39 is 11.9 Å². The molecule has 3 N–H and O–H groups in total. The zero-order valence-electron chi connectivity index (χ0n) is 8.53. The van der Waals surface area contributed by atoms with Gasteiger partial charge in [-0.1, -0.05) is 12.5 Å². The molecule has 1 fully saturated rings. The lowest BCUT2D eigenvalue weighted by Gasteiger charge is -2.17. The van der Waals surface area contributed by atoms with Crippen LogP contribution in [0.15, 0.2) is 12.7 Å². The van der Waals surface area contributed by atoms with Gasteiger partial charge in [0.25, 0.3) is 0 Å². The Balaban J connectivity index is 2.39. The summed E-state index contributed by atoms with van der Waals surface area (Å²) < 4.78 is 0. The van der Waals surface area contributed by atoms with Crippen molar-refractivity contribution in [3.8, 4) is 0 Å². The number of hydrogen-bond donors (Lipinski definition) is 3. The van der Waals surface area contributed by atoms with Crippen LogP contribution < -0.4 is 10.6 Å². The molecule has 0 aliphatic heterocycles. The molecule has 2 atom stereocenters. The number of carbonyl (C=O) groups is 2. The fraction of sp³-hybridized carbons (Fsp3) is 0.600. The average Bonchev–Trinajstić information content (AvgIpc) is 2.62. The summed E-state index contributed by atoms with van der Waals surface area (Å²) in [5.41, 5.74) is 0. The Labute approximate surface area is 88.5 Å². The van der Waals surface area contributed by atoms with Gasteiger partial charge in [0, 0.05) is 12.6 Å². The topological polar surface area (TPSA) is 78.4 Å². The van der Waals surface area contributed by atoms with Crippen molar-refractivity contribution < 1.29 is 14.7 Å². The monoisotopic (exact) mass is 212 g/mol. The van der Waals surface area contributed by atoms with E-state index in [0.29, 0.717) is 13.0 Å². The summed E-state index contributed by atoms with van der Waals surface area (Å²) in [6, 6.07) is -0.569. The van der Waals surface area contributed by atoms with Crippen LogP contribution in [-0.2, 0) is 4.79 Å². The van der Waals surface area contributed by atoms with E-state index in [9.17, 15) is 9.59 Å². The van der Waals surface area contributed by atoms with E-state index in [0.717, 1.165) is 12.8 Å². The number of rotatable bonds is 4. The Morgan fingerprint density at radius 3 is 2.80 bits per heavy atom. The molecule has 5 nitrogen and oxygen atoms in total. The van der Waals surface area contributed by atoms with Crippen LogP contribution in [0.2, 0.25) is 0 Å². The molecule has 2 amide bonds. The van der Waals surface area contributed by atoms with E-state index in [1.807, 2.05) is 0 Å². The van der Waals surface area contributed by atoms with E-state index in [1.54, 1.807) is 6.08 Å². The molecule has 0 bridgehead atoms. The lowest BCUT2D eigenvalue weighted by molar-refractivity contribution is -0.142. The van der Waals surface area contributed by atoms with Crippen LogP contribution in [0.4, 0.5) is 4.79 Å². The second-order valence-electron chi connectivity index (χ2n) is 3.63. The summed E-state index contributed by atoms with van der Waals surface area (Å²) in [5.74, 6) is -1.28. The van der Waals surface area contributed by atoms with Crippen LogP contribution in [0.5, 0.6) is 0 Å². The minimum absolute atomic E-state index is 0.243. The standard InChI is InChI=1S/C10H16N2O3/c1-2-6-11-10(15)12-8-5-3-4-7(8)9(13)14/h2,7-8H,1,3-6H2,(H,13,14)(H2,11,12,15). The van der Waals surface area contributed by atoms with Gasteiger partial charge in [-0.25, -0.2) is 4.79 Å². The highest BCUT2D eigenvalue weighted by molar-refractivity contribution is 5.77. The van der Waals surface area contributed by atoms with Crippen LogP contribution in [0, 0.1) is 5.92 Å². The first kappa shape index (κ1) is 11.6. The van der Waals surface area contributed by atoms with Gasteiger partial charge in [0.15, 0.2) is 0 Å². The molecule has 5 heteroatoms. The predicted octanol–water partition coefficient (Wildman–Crippen LogP) is 0.725. The molecule has 0 spiro atoms. The van der Waals surface area contributed by atoms with E-state index in [2.05, 4.69) is 17.2 Å². The molecule has 2 unspecified atom stereocenters. The highest BCUT2D eigenvalue weighted by Crippen LogP contribution is 2.25. The molecule has 0 aromatic rings. The Bertz CT molecular complexity index is 265.